The molecule has 0 radical (unpaired) electrons. The Labute approximate surface area is 222 Å². The quantitative estimate of drug-likeness (QED) is 0.387. The van der Waals surface area contributed by atoms with Crippen LogP contribution in [0.15, 0.2) is 65.6 Å². The second-order valence-electron chi connectivity index (χ2n) is 9.43. The molecular weight excluding hydrogens is 537 g/mol. The number of hydrogen-bond donors (Lipinski definition) is 3. The maximum Gasteiger partial charge on any atom is 0.261 e. The van der Waals surface area contributed by atoms with Crippen LogP contribution in [0.1, 0.15) is 29.9 Å². The summed E-state index contributed by atoms with van der Waals surface area (Å²) in [6.45, 7) is -0.569. The van der Waals surface area contributed by atoms with Gasteiger partial charge in [-0.15, -0.1) is 0 Å². The summed E-state index contributed by atoms with van der Waals surface area (Å²) in [5, 5.41) is 12.5. The Kier molecular flexibility index (Phi) is 7.52. The predicted octanol–water partition coefficient (Wildman–Crippen LogP) is 3.61. The van der Waals surface area contributed by atoms with Gasteiger partial charge in [0.1, 0.15) is 35.4 Å². The molecule has 12 heteroatoms. The average molecular weight is 563 g/mol. The minimum absolute atomic E-state index is 0.00921. The first kappa shape index (κ1) is 27.0. The molecule has 2 heterocycles. The SMILES string of the molecule is O=C(C[C@@H]1C[C@H]2c3cc(NS(=O)(=O)c4ccc(F)cc4)ccc3O[C@H]2[C@@H](CO)O1)NCc1cc(F)ccc1F. The molecule has 0 spiro atoms. The second-order valence-corrected chi connectivity index (χ2v) is 11.1. The molecule has 1 saturated heterocycles. The van der Waals surface area contributed by atoms with Crippen LogP contribution in [0.2, 0.25) is 0 Å². The van der Waals surface area contributed by atoms with Gasteiger partial charge in [0.25, 0.3) is 10.0 Å². The molecule has 3 aromatic rings. The smallest absolute Gasteiger partial charge is 0.261 e. The Bertz CT molecular complexity index is 1490. The summed E-state index contributed by atoms with van der Waals surface area (Å²) in [4.78, 5) is 12.5. The number of carbonyl (C=O) groups excluding carboxylic acids is 1. The molecule has 0 aromatic heterocycles. The van der Waals surface area contributed by atoms with Gasteiger partial charge in [-0.3, -0.25) is 9.52 Å². The van der Waals surface area contributed by atoms with Crippen molar-refractivity contribution in [1.82, 2.24) is 5.32 Å². The molecule has 2 aliphatic rings. The minimum Gasteiger partial charge on any atom is -0.487 e. The van der Waals surface area contributed by atoms with E-state index in [9.17, 15) is 31.5 Å². The fraction of sp³-hybridized carbons (Fsp3) is 0.296. The molecule has 3 N–H and O–H groups in total. The van der Waals surface area contributed by atoms with Crippen LogP contribution in [-0.4, -0.2) is 44.4 Å². The highest BCUT2D eigenvalue weighted by Crippen LogP contribution is 2.47. The molecular formula is C27H25F3N2O6S. The van der Waals surface area contributed by atoms with E-state index in [-0.39, 0.29) is 41.6 Å². The monoisotopic (exact) mass is 562 g/mol. The van der Waals surface area contributed by atoms with Crippen molar-refractivity contribution in [2.45, 2.75) is 48.5 Å². The maximum atomic E-state index is 13.9. The van der Waals surface area contributed by atoms with Crippen LogP contribution in [0.5, 0.6) is 5.75 Å². The van der Waals surface area contributed by atoms with Gasteiger partial charge in [0.2, 0.25) is 5.91 Å². The summed E-state index contributed by atoms with van der Waals surface area (Å²) >= 11 is 0. The fourth-order valence-corrected chi connectivity index (χ4v) is 5.98. The number of aliphatic hydroxyl groups excluding tert-OH is 1. The molecule has 39 heavy (non-hydrogen) atoms. The third-order valence-electron chi connectivity index (χ3n) is 6.77. The first-order chi connectivity index (χ1) is 18.6. The van der Waals surface area contributed by atoms with Crippen molar-refractivity contribution in [3.05, 3.63) is 89.2 Å². The van der Waals surface area contributed by atoms with Gasteiger partial charge in [-0.25, -0.2) is 21.6 Å². The Morgan fingerprint density at radius 3 is 2.49 bits per heavy atom. The lowest BCUT2D eigenvalue weighted by Crippen LogP contribution is -2.47. The fourth-order valence-electron chi connectivity index (χ4n) is 4.93. The van der Waals surface area contributed by atoms with Crippen LogP contribution < -0.4 is 14.8 Å². The van der Waals surface area contributed by atoms with Gasteiger partial charge in [-0.2, -0.15) is 0 Å². The van der Waals surface area contributed by atoms with Crippen molar-refractivity contribution in [2.75, 3.05) is 11.3 Å². The summed E-state index contributed by atoms with van der Waals surface area (Å²) in [5.74, 6) is -2.06. The number of sulfonamides is 1. The minimum atomic E-state index is -3.98. The third-order valence-corrected chi connectivity index (χ3v) is 8.17. The number of anilines is 1. The van der Waals surface area contributed by atoms with Crippen molar-refractivity contribution in [3.8, 4) is 5.75 Å². The van der Waals surface area contributed by atoms with Crippen LogP contribution in [0.25, 0.3) is 0 Å². The highest BCUT2D eigenvalue weighted by Gasteiger charge is 2.46. The Morgan fingerprint density at radius 1 is 1.00 bits per heavy atom. The molecule has 8 nitrogen and oxygen atoms in total. The Morgan fingerprint density at radius 2 is 1.74 bits per heavy atom. The summed E-state index contributed by atoms with van der Waals surface area (Å²) in [7, 11) is -3.98. The lowest BCUT2D eigenvalue weighted by Gasteiger charge is -2.37. The Balaban J connectivity index is 1.28. The van der Waals surface area contributed by atoms with Gasteiger partial charge in [0.15, 0.2) is 0 Å². The molecule has 0 unspecified atom stereocenters. The van der Waals surface area contributed by atoms with Crippen molar-refractivity contribution < 1.29 is 41.0 Å². The topological polar surface area (TPSA) is 114 Å². The lowest BCUT2D eigenvalue weighted by atomic mass is 9.84. The number of ether oxygens (including phenoxy) is 2. The van der Waals surface area contributed by atoms with E-state index in [1.54, 1.807) is 12.1 Å². The maximum absolute atomic E-state index is 13.9. The molecule has 206 valence electrons. The normalized spacial score (nSPS) is 21.9. The van der Waals surface area contributed by atoms with Crippen molar-refractivity contribution in [1.29, 1.82) is 0 Å². The van der Waals surface area contributed by atoms with Gasteiger partial charge < -0.3 is 19.9 Å². The molecule has 1 fully saturated rings. The zero-order chi connectivity index (χ0) is 27.7. The zero-order valence-electron chi connectivity index (χ0n) is 20.4. The number of aliphatic hydroxyl groups is 1. The third kappa shape index (κ3) is 5.87. The van der Waals surface area contributed by atoms with Gasteiger partial charge in [-0.1, -0.05) is 0 Å². The molecule has 3 aromatic carbocycles. The van der Waals surface area contributed by atoms with Crippen LogP contribution in [0, 0.1) is 17.5 Å². The summed E-state index contributed by atoms with van der Waals surface area (Å²) in [6, 6.07) is 12.2. The van der Waals surface area contributed by atoms with Crippen molar-refractivity contribution >= 4 is 21.6 Å². The largest absolute Gasteiger partial charge is 0.487 e. The highest BCUT2D eigenvalue weighted by molar-refractivity contribution is 7.92. The molecule has 2 aliphatic heterocycles. The molecule has 1 amide bonds. The van der Waals surface area contributed by atoms with E-state index in [1.807, 2.05) is 0 Å². The lowest BCUT2D eigenvalue weighted by molar-refractivity contribution is -0.142. The van der Waals surface area contributed by atoms with Gasteiger partial charge >= 0.3 is 0 Å². The molecule has 0 aliphatic carbocycles. The zero-order valence-corrected chi connectivity index (χ0v) is 21.3. The average Bonchev–Trinajstić information content (AvgIpc) is 3.26. The van der Waals surface area contributed by atoms with E-state index < -0.39 is 51.7 Å². The van der Waals surface area contributed by atoms with Crippen LogP contribution in [0.3, 0.4) is 0 Å². The van der Waals surface area contributed by atoms with Gasteiger partial charge in [0.05, 0.1) is 24.0 Å². The van der Waals surface area contributed by atoms with Crippen molar-refractivity contribution in [2.24, 2.45) is 0 Å². The number of fused-ring (bicyclic) bond motifs is 3. The standard InChI is InChI=1S/C27H25F3N2O6S/c28-16-1-5-20(6-2-16)39(35,36)32-18-4-8-24-21(10-18)22-11-19(37-25(14-33)27(22)38-24)12-26(34)31-13-15-9-17(29)3-7-23(15)30/h1-10,19,22,25,27,32-33H,11-14H2,(H,31,34)/t19-,22-,25+,27+/m0/s1. The van der Waals surface area contributed by atoms with Gasteiger partial charge in [-0.05, 0) is 67.1 Å². The number of carbonyl (C=O) groups is 1. The Hall–Kier alpha value is -3.61. The first-order valence-corrected chi connectivity index (χ1v) is 13.7. The molecule has 0 saturated carbocycles. The van der Waals surface area contributed by atoms with E-state index >= 15 is 0 Å². The second kappa shape index (κ2) is 10.9. The van der Waals surface area contributed by atoms with E-state index in [2.05, 4.69) is 10.0 Å². The number of amides is 1. The van der Waals surface area contributed by atoms with E-state index in [4.69, 9.17) is 9.47 Å². The van der Waals surface area contributed by atoms with Crippen LogP contribution >= 0.6 is 0 Å². The van der Waals surface area contributed by atoms with Crippen molar-refractivity contribution in [3.63, 3.8) is 0 Å². The number of halogens is 3. The molecule has 0 bridgehead atoms. The first-order valence-electron chi connectivity index (χ1n) is 12.2. The number of benzene rings is 3. The summed E-state index contributed by atoms with van der Waals surface area (Å²) in [5.41, 5.74) is 0.962. The number of nitrogens with one attached hydrogen (secondary N) is 2. The van der Waals surface area contributed by atoms with Crippen LogP contribution in [-0.2, 0) is 26.1 Å². The predicted molar refractivity (Wildman–Crippen MR) is 134 cm³/mol. The number of rotatable bonds is 8. The summed E-state index contributed by atoms with van der Waals surface area (Å²) in [6.07, 6.45) is -1.66. The molecule has 5 rings (SSSR count). The highest BCUT2D eigenvalue weighted by atomic mass is 32.2. The van der Waals surface area contributed by atoms with E-state index in [0.717, 1.165) is 42.5 Å². The van der Waals surface area contributed by atoms with E-state index in [1.165, 1.54) is 6.07 Å². The van der Waals surface area contributed by atoms with Gasteiger partial charge in [0, 0.05) is 29.3 Å². The number of hydrogen-bond acceptors (Lipinski definition) is 6. The van der Waals surface area contributed by atoms with E-state index in [0.29, 0.717) is 17.7 Å². The van der Waals surface area contributed by atoms with Crippen LogP contribution in [0.4, 0.5) is 18.9 Å². The summed E-state index contributed by atoms with van der Waals surface area (Å²) < 4.78 is 80.4. The molecule has 4 atom stereocenters.